The maximum Gasteiger partial charge on any atom is 0.264 e. The van der Waals surface area contributed by atoms with Crippen molar-refractivity contribution < 1.29 is 22.3 Å². The zero-order chi connectivity index (χ0) is 15.3. The first-order valence-corrected chi connectivity index (χ1v) is 8.12. The molecule has 1 rings (SSSR count). The van der Waals surface area contributed by atoms with E-state index >= 15 is 0 Å². The van der Waals surface area contributed by atoms with E-state index in [2.05, 4.69) is 27.2 Å². The van der Waals surface area contributed by atoms with Crippen LogP contribution in [0.2, 0.25) is 0 Å². The lowest BCUT2D eigenvalue weighted by Crippen LogP contribution is -2.29. The Morgan fingerprint density at radius 2 is 2.20 bits per heavy atom. The van der Waals surface area contributed by atoms with E-state index in [1.54, 1.807) is 0 Å². The summed E-state index contributed by atoms with van der Waals surface area (Å²) in [5.74, 6) is 0.587. The van der Waals surface area contributed by atoms with Crippen molar-refractivity contribution in [1.82, 2.24) is 5.32 Å². The minimum absolute atomic E-state index is 0.0394. The smallest absolute Gasteiger partial charge is 0.264 e. The van der Waals surface area contributed by atoms with Gasteiger partial charge in [0.2, 0.25) is 0 Å². The molecular weight excluding hydrogens is 377 g/mol. The first-order chi connectivity index (χ1) is 9.25. The molecular formula is C11H8BrClFNO4S. The molecule has 1 amide bonds. The van der Waals surface area contributed by atoms with E-state index in [1.165, 1.54) is 0 Å². The molecule has 0 aliphatic carbocycles. The van der Waals surface area contributed by atoms with Crippen LogP contribution in [0.25, 0.3) is 0 Å². The molecule has 9 heteroatoms. The third-order valence-electron chi connectivity index (χ3n) is 2.00. The molecule has 0 aliphatic rings. The number of rotatable bonds is 5. The number of nitrogens with one attached hydrogen (secondary N) is 1. The molecule has 0 spiro atoms. The average Bonchev–Trinajstić information content (AvgIpc) is 2.35. The van der Waals surface area contributed by atoms with Gasteiger partial charge in [-0.3, -0.25) is 4.79 Å². The number of terminal acetylenes is 1. The lowest BCUT2D eigenvalue weighted by Gasteiger charge is -2.09. The van der Waals surface area contributed by atoms with Crippen molar-refractivity contribution >= 4 is 41.6 Å². The molecule has 108 valence electrons. The molecule has 0 heterocycles. The molecule has 0 radical (unpaired) electrons. The Hall–Kier alpha value is -1.30. The molecule has 1 aromatic rings. The summed E-state index contributed by atoms with van der Waals surface area (Å²) < 4.78 is 40.9. The van der Waals surface area contributed by atoms with Gasteiger partial charge < -0.3 is 10.1 Å². The van der Waals surface area contributed by atoms with Crippen molar-refractivity contribution in [3.05, 3.63) is 22.4 Å². The topological polar surface area (TPSA) is 72.5 Å². The van der Waals surface area contributed by atoms with E-state index in [9.17, 15) is 17.6 Å². The van der Waals surface area contributed by atoms with Gasteiger partial charge in [-0.2, -0.15) is 0 Å². The Bertz CT molecular complexity index is 672. The Morgan fingerprint density at radius 1 is 1.55 bits per heavy atom. The van der Waals surface area contributed by atoms with Crippen LogP contribution in [0, 0.1) is 18.2 Å². The number of carbonyl (C=O) groups is 1. The predicted octanol–water partition coefficient (Wildman–Crippen LogP) is 1.64. The molecule has 0 bridgehead atoms. The number of ether oxygens (including phenoxy) is 1. The highest BCUT2D eigenvalue weighted by molar-refractivity contribution is 9.10. The number of hydrogen-bond acceptors (Lipinski definition) is 4. The van der Waals surface area contributed by atoms with Gasteiger partial charge in [0.15, 0.2) is 6.61 Å². The van der Waals surface area contributed by atoms with Crippen LogP contribution < -0.4 is 10.1 Å². The summed E-state index contributed by atoms with van der Waals surface area (Å²) >= 11 is 3.00. The van der Waals surface area contributed by atoms with Crippen LogP contribution in [-0.4, -0.2) is 27.5 Å². The van der Waals surface area contributed by atoms with Gasteiger partial charge in [0.25, 0.3) is 15.0 Å². The number of amides is 1. The molecule has 0 aromatic heterocycles. The van der Waals surface area contributed by atoms with Crippen molar-refractivity contribution in [2.45, 2.75) is 4.90 Å². The van der Waals surface area contributed by atoms with Gasteiger partial charge in [-0.25, -0.2) is 12.8 Å². The molecule has 0 aliphatic heterocycles. The van der Waals surface area contributed by atoms with E-state index in [-0.39, 0.29) is 16.8 Å². The maximum absolute atomic E-state index is 13.6. The van der Waals surface area contributed by atoms with E-state index in [1.807, 2.05) is 0 Å². The van der Waals surface area contributed by atoms with Crippen molar-refractivity contribution in [1.29, 1.82) is 0 Å². The Balaban J connectivity index is 2.87. The number of hydrogen-bond donors (Lipinski definition) is 1. The Labute approximate surface area is 128 Å². The SMILES string of the molecule is C#CCNC(=O)COc1cc(F)c(S(=O)(=O)Cl)cc1Br. The van der Waals surface area contributed by atoms with Crippen LogP contribution >= 0.6 is 26.6 Å². The summed E-state index contributed by atoms with van der Waals surface area (Å²) in [5.41, 5.74) is 0. The van der Waals surface area contributed by atoms with Crippen molar-refractivity contribution in [2.75, 3.05) is 13.2 Å². The molecule has 20 heavy (non-hydrogen) atoms. The first-order valence-electron chi connectivity index (χ1n) is 5.02. The van der Waals surface area contributed by atoms with Gasteiger partial charge in [0, 0.05) is 16.7 Å². The lowest BCUT2D eigenvalue weighted by molar-refractivity contribution is -0.122. The number of halogens is 3. The summed E-state index contributed by atoms with van der Waals surface area (Å²) in [6.45, 7) is -0.353. The van der Waals surface area contributed by atoms with Crippen LogP contribution in [0.1, 0.15) is 0 Å². The van der Waals surface area contributed by atoms with Crippen LogP contribution in [0.15, 0.2) is 21.5 Å². The van der Waals surface area contributed by atoms with Crippen LogP contribution in [0.4, 0.5) is 4.39 Å². The van der Waals surface area contributed by atoms with Crippen LogP contribution in [-0.2, 0) is 13.8 Å². The fourth-order valence-corrected chi connectivity index (χ4v) is 2.67. The van der Waals surface area contributed by atoms with Crippen LogP contribution in [0.5, 0.6) is 5.75 Å². The quantitative estimate of drug-likeness (QED) is 0.619. The van der Waals surface area contributed by atoms with Gasteiger partial charge in [0.05, 0.1) is 11.0 Å². The van der Waals surface area contributed by atoms with Gasteiger partial charge in [-0.15, -0.1) is 6.42 Å². The van der Waals surface area contributed by atoms with Crippen molar-refractivity contribution in [3.8, 4) is 18.1 Å². The standard InChI is InChI=1S/C11H8BrClFNO4S/c1-2-3-15-11(16)6-19-9-5-8(14)10(4-7(9)12)20(13,17)18/h1,4-5H,3,6H2,(H,15,16). The zero-order valence-electron chi connectivity index (χ0n) is 9.82. The van der Waals surface area contributed by atoms with Crippen molar-refractivity contribution in [2.24, 2.45) is 0 Å². The average molecular weight is 385 g/mol. The van der Waals surface area contributed by atoms with Gasteiger partial charge >= 0.3 is 0 Å². The molecule has 0 fully saturated rings. The maximum atomic E-state index is 13.6. The third kappa shape index (κ3) is 4.67. The zero-order valence-corrected chi connectivity index (χ0v) is 13.0. The summed E-state index contributed by atoms with van der Waals surface area (Å²) in [6.07, 6.45) is 4.95. The molecule has 5 nitrogen and oxygen atoms in total. The van der Waals surface area contributed by atoms with Crippen molar-refractivity contribution in [3.63, 3.8) is 0 Å². The molecule has 1 aromatic carbocycles. The van der Waals surface area contributed by atoms with Gasteiger partial charge in [-0.1, -0.05) is 5.92 Å². The largest absolute Gasteiger partial charge is 0.482 e. The molecule has 0 atom stereocenters. The van der Waals surface area contributed by atoms with E-state index in [4.69, 9.17) is 21.8 Å². The molecule has 0 saturated heterocycles. The monoisotopic (exact) mass is 383 g/mol. The fraction of sp³-hybridized carbons (Fsp3) is 0.182. The predicted molar refractivity (Wildman–Crippen MR) is 74.5 cm³/mol. The lowest BCUT2D eigenvalue weighted by atomic mass is 10.3. The summed E-state index contributed by atoms with van der Waals surface area (Å²) in [5, 5.41) is 2.35. The van der Waals surface area contributed by atoms with E-state index in [0.29, 0.717) is 0 Å². The Kier molecular flexibility index (Phi) is 5.80. The Morgan fingerprint density at radius 3 is 2.75 bits per heavy atom. The van der Waals surface area contributed by atoms with Crippen LogP contribution in [0.3, 0.4) is 0 Å². The number of carbonyl (C=O) groups excluding carboxylic acids is 1. The fourth-order valence-electron chi connectivity index (χ4n) is 1.15. The minimum atomic E-state index is -4.21. The second-order valence-corrected chi connectivity index (χ2v) is 6.81. The normalized spacial score (nSPS) is 10.7. The highest BCUT2D eigenvalue weighted by Gasteiger charge is 2.19. The van der Waals surface area contributed by atoms with E-state index in [0.717, 1.165) is 12.1 Å². The highest BCUT2D eigenvalue weighted by Crippen LogP contribution is 2.31. The first kappa shape index (κ1) is 16.8. The number of benzene rings is 1. The molecule has 0 unspecified atom stereocenters. The summed E-state index contributed by atoms with van der Waals surface area (Å²) in [4.78, 5) is 10.6. The summed E-state index contributed by atoms with van der Waals surface area (Å²) in [7, 11) is 0.855. The minimum Gasteiger partial charge on any atom is -0.482 e. The van der Waals surface area contributed by atoms with E-state index < -0.39 is 32.3 Å². The second kappa shape index (κ2) is 6.92. The highest BCUT2D eigenvalue weighted by atomic mass is 79.9. The second-order valence-electron chi connectivity index (χ2n) is 3.42. The molecule has 1 N–H and O–H groups in total. The molecule has 0 saturated carbocycles. The van der Waals surface area contributed by atoms with Gasteiger partial charge in [-0.05, 0) is 22.0 Å². The summed E-state index contributed by atoms with van der Waals surface area (Å²) in [6, 6.07) is 1.76. The van der Waals surface area contributed by atoms with Gasteiger partial charge in [0.1, 0.15) is 16.5 Å². The third-order valence-corrected chi connectivity index (χ3v) is 3.95.